The van der Waals surface area contributed by atoms with Gasteiger partial charge in [0.25, 0.3) is 5.56 Å². The number of nitrogens with zero attached hydrogens (tertiary/aromatic N) is 1. The van der Waals surface area contributed by atoms with Gasteiger partial charge in [-0.15, -0.1) is 11.3 Å². The fourth-order valence-electron chi connectivity index (χ4n) is 4.35. The molecule has 2 aromatic heterocycles. The predicted molar refractivity (Wildman–Crippen MR) is 141 cm³/mol. The Kier molecular flexibility index (Phi) is 8.33. The fraction of sp³-hybridized carbons (Fsp3) is 0.393. The minimum atomic E-state index is -1.00. The van der Waals surface area contributed by atoms with E-state index in [9.17, 15) is 19.5 Å². The van der Waals surface area contributed by atoms with Crippen LogP contribution in [-0.2, 0) is 9.59 Å². The molecule has 2 N–H and O–H groups in total. The van der Waals surface area contributed by atoms with Crippen LogP contribution in [0.15, 0.2) is 46.7 Å². The number of hydrogen-bond acceptors (Lipinski definition) is 4. The van der Waals surface area contributed by atoms with Gasteiger partial charge < -0.3 is 15.0 Å². The summed E-state index contributed by atoms with van der Waals surface area (Å²) in [6.45, 7) is 11.9. The molecule has 0 saturated carbocycles. The Morgan fingerprint density at radius 1 is 1.03 bits per heavy atom. The first-order valence-corrected chi connectivity index (χ1v) is 12.7. The predicted octanol–water partition coefficient (Wildman–Crippen LogP) is 5.73. The van der Waals surface area contributed by atoms with Crippen molar-refractivity contribution in [3.05, 3.63) is 80.1 Å². The lowest BCUT2D eigenvalue weighted by Gasteiger charge is -2.25. The van der Waals surface area contributed by atoms with Crippen LogP contribution >= 0.6 is 11.3 Å². The van der Waals surface area contributed by atoms with Gasteiger partial charge in [-0.3, -0.25) is 14.4 Å². The van der Waals surface area contributed by atoms with E-state index in [0.717, 1.165) is 38.3 Å². The number of aryl methyl sites for hydroxylation is 4. The Bertz CT molecular complexity index is 1270. The topological polar surface area (TPSA) is 88.4 Å². The van der Waals surface area contributed by atoms with Crippen molar-refractivity contribution in [1.82, 2.24) is 9.88 Å². The van der Waals surface area contributed by atoms with Gasteiger partial charge in [0.2, 0.25) is 5.91 Å². The van der Waals surface area contributed by atoms with Gasteiger partial charge in [0.15, 0.2) is 0 Å². The average Bonchev–Trinajstić information content (AvgIpc) is 3.23. The van der Waals surface area contributed by atoms with E-state index in [1.165, 1.54) is 15.9 Å². The van der Waals surface area contributed by atoms with Crippen molar-refractivity contribution in [2.24, 2.45) is 5.92 Å². The second-order valence-corrected chi connectivity index (χ2v) is 10.6. The fourth-order valence-corrected chi connectivity index (χ4v) is 5.49. The second-order valence-electron chi connectivity index (χ2n) is 9.70. The SMILES string of the molecule is Cc1cc(=O)n([C@@H](CC(C)C)C(=O)N[C@H](CC(=O)O)c2csc(-c3c(C)cccc3C)c2)cc1C. The van der Waals surface area contributed by atoms with Crippen LogP contribution in [-0.4, -0.2) is 21.6 Å². The standard InChI is InChI=1S/C28H34N2O4S/c1-16(2)10-23(30-14-20(6)19(5)11-25(30)31)28(34)29-22(13-26(32)33)21-12-24(35-15-21)27-17(3)8-7-9-18(27)4/h7-9,11-12,14-16,22-23H,10,13H2,1-6H3,(H,29,34)(H,32,33)/t22-,23+/m1/s1. The summed E-state index contributed by atoms with van der Waals surface area (Å²) in [6, 6.07) is 8.20. The molecule has 0 saturated heterocycles. The molecule has 2 atom stereocenters. The molecule has 186 valence electrons. The molecule has 0 unspecified atom stereocenters. The molecule has 7 heteroatoms. The zero-order valence-corrected chi connectivity index (χ0v) is 22.0. The van der Waals surface area contributed by atoms with E-state index in [1.54, 1.807) is 12.3 Å². The maximum absolute atomic E-state index is 13.5. The highest BCUT2D eigenvalue weighted by molar-refractivity contribution is 7.13. The summed E-state index contributed by atoms with van der Waals surface area (Å²) in [5.74, 6) is -1.19. The minimum Gasteiger partial charge on any atom is -0.481 e. The first-order valence-electron chi connectivity index (χ1n) is 11.8. The molecule has 0 bridgehead atoms. The summed E-state index contributed by atoms with van der Waals surface area (Å²) >= 11 is 1.54. The Morgan fingerprint density at radius 2 is 1.69 bits per heavy atom. The van der Waals surface area contributed by atoms with E-state index in [-0.39, 0.29) is 23.8 Å². The van der Waals surface area contributed by atoms with Crippen LogP contribution in [0.5, 0.6) is 0 Å². The molecule has 0 aliphatic rings. The Balaban J connectivity index is 1.96. The third-order valence-corrected chi connectivity index (χ3v) is 7.29. The molecule has 0 spiro atoms. The summed E-state index contributed by atoms with van der Waals surface area (Å²) < 4.78 is 1.48. The van der Waals surface area contributed by atoms with Crippen LogP contribution < -0.4 is 10.9 Å². The van der Waals surface area contributed by atoms with Crippen LogP contribution in [0.3, 0.4) is 0 Å². The number of carbonyl (C=O) groups is 2. The van der Waals surface area contributed by atoms with Crippen molar-refractivity contribution < 1.29 is 14.7 Å². The molecule has 35 heavy (non-hydrogen) atoms. The van der Waals surface area contributed by atoms with Gasteiger partial charge >= 0.3 is 5.97 Å². The van der Waals surface area contributed by atoms with Gasteiger partial charge in [-0.2, -0.15) is 0 Å². The maximum atomic E-state index is 13.5. The number of benzene rings is 1. The van der Waals surface area contributed by atoms with E-state index >= 15 is 0 Å². The Morgan fingerprint density at radius 3 is 2.29 bits per heavy atom. The molecule has 6 nitrogen and oxygen atoms in total. The van der Waals surface area contributed by atoms with E-state index < -0.39 is 18.1 Å². The van der Waals surface area contributed by atoms with Crippen molar-refractivity contribution in [2.45, 2.75) is 66.5 Å². The highest BCUT2D eigenvalue weighted by Crippen LogP contribution is 2.35. The number of carboxylic acid groups (broad SMARTS) is 1. The lowest BCUT2D eigenvalue weighted by atomic mass is 9.98. The van der Waals surface area contributed by atoms with Crippen LogP contribution in [0.25, 0.3) is 10.4 Å². The molecule has 0 radical (unpaired) electrons. The molecule has 0 aliphatic carbocycles. The van der Waals surface area contributed by atoms with Crippen molar-refractivity contribution in [2.75, 3.05) is 0 Å². The quantitative estimate of drug-likeness (QED) is 0.398. The van der Waals surface area contributed by atoms with E-state index in [4.69, 9.17) is 0 Å². The zero-order chi connectivity index (χ0) is 25.9. The Hall–Kier alpha value is -3.19. The highest BCUT2D eigenvalue weighted by Gasteiger charge is 2.27. The monoisotopic (exact) mass is 494 g/mol. The van der Waals surface area contributed by atoms with Crippen molar-refractivity contribution in [3.8, 4) is 10.4 Å². The summed E-state index contributed by atoms with van der Waals surface area (Å²) in [4.78, 5) is 39.0. The molecule has 0 fully saturated rings. The number of amides is 1. The number of aromatic nitrogens is 1. The van der Waals surface area contributed by atoms with Crippen molar-refractivity contribution in [1.29, 1.82) is 0 Å². The van der Waals surface area contributed by atoms with Gasteiger partial charge in [-0.1, -0.05) is 32.0 Å². The maximum Gasteiger partial charge on any atom is 0.305 e. The summed E-state index contributed by atoms with van der Waals surface area (Å²) in [6.07, 6.45) is 1.94. The minimum absolute atomic E-state index is 0.161. The lowest BCUT2D eigenvalue weighted by Crippen LogP contribution is -2.40. The summed E-state index contributed by atoms with van der Waals surface area (Å²) in [7, 11) is 0. The number of pyridine rings is 1. The second kappa shape index (κ2) is 11.0. The number of nitrogens with one attached hydrogen (secondary N) is 1. The molecule has 1 amide bonds. The number of aliphatic carboxylic acids is 1. The molecule has 2 heterocycles. The number of hydrogen-bond donors (Lipinski definition) is 2. The van der Waals surface area contributed by atoms with Crippen LogP contribution in [0.2, 0.25) is 0 Å². The van der Waals surface area contributed by atoms with Crippen LogP contribution in [0, 0.1) is 33.6 Å². The first kappa shape index (κ1) is 26.4. The summed E-state index contributed by atoms with van der Waals surface area (Å²) in [5, 5.41) is 14.4. The molecule has 0 aliphatic heterocycles. The normalized spacial score (nSPS) is 13.0. The number of thiophene rings is 1. The Labute approximate surface area is 210 Å². The van der Waals surface area contributed by atoms with Gasteiger partial charge in [-0.25, -0.2) is 0 Å². The van der Waals surface area contributed by atoms with Crippen molar-refractivity contribution in [3.63, 3.8) is 0 Å². The van der Waals surface area contributed by atoms with Gasteiger partial charge in [0.05, 0.1) is 12.5 Å². The number of carboxylic acids is 1. The number of rotatable bonds is 9. The molecule has 3 rings (SSSR count). The van der Waals surface area contributed by atoms with Crippen LogP contribution in [0.1, 0.15) is 66.6 Å². The van der Waals surface area contributed by atoms with Crippen molar-refractivity contribution >= 4 is 23.2 Å². The zero-order valence-electron chi connectivity index (χ0n) is 21.2. The molecular weight excluding hydrogens is 460 g/mol. The number of carbonyl (C=O) groups excluding carboxylic acids is 1. The van der Waals surface area contributed by atoms with Gasteiger partial charge in [-0.05, 0) is 84.9 Å². The molecule has 3 aromatic rings. The van der Waals surface area contributed by atoms with E-state index in [2.05, 4.69) is 31.3 Å². The molecular formula is C28H34N2O4S. The summed E-state index contributed by atoms with van der Waals surface area (Å²) in [5.41, 5.74) is 5.71. The van der Waals surface area contributed by atoms with Gasteiger partial charge in [0, 0.05) is 17.1 Å². The third kappa shape index (κ3) is 6.28. The third-order valence-electron chi connectivity index (χ3n) is 6.33. The first-order chi connectivity index (χ1) is 16.5. The average molecular weight is 495 g/mol. The largest absolute Gasteiger partial charge is 0.481 e. The smallest absolute Gasteiger partial charge is 0.305 e. The van der Waals surface area contributed by atoms with E-state index in [0.29, 0.717) is 6.42 Å². The lowest BCUT2D eigenvalue weighted by molar-refractivity contribution is -0.138. The molecule has 1 aromatic carbocycles. The highest BCUT2D eigenvalue weighted by atomic mass is 32.1. The van der Waals surface area contributed by atoms with Crippen LogP contribution in [0.4, 0.5) is 0 Å². The van der Waals surface area contributed by atoms with E-state index in [1.807, 2.05) is 45.2 Å². The van der Waals surface area contributed by atoms with Gasteiger partial charge in [0.1, 0.15) is 6.04 Å².